The molecule has 0 unspecified atom stereocenters. The summed E-state index contributed by atoms with van der Waals surface area (Å²) in [5.74, 6) is -0.331. The highest BCUT2D eigenvalue weighted by Gasteiger charge is 2.47. The van der Waals surface area contributed by atoms with Gasteiger partial charge >= 0.3 is 6.03 Å². The second-order valence-electron chi connectivity index (χ2n) is 6.64. The van der Waals surface area contributed by atoms with Crippen LogP contribution in [-0.2, 0) is 9.59 Å². The highest BCUT2D eigenvalue weighted by atomic mass is 79.9. The largest absolute Gasteiger partial charge is 0.325 e. The van der Waals surface area contributed by atoms with Crippen molar-refractivity contribution in [3.8, 4) is 0 Å². The Morgan fingerprint density at radius 3 is 2.71 bits per heavy atom. The predicted molar refractivity (Wildman–Crippen MR) is 95.5 cm³/mol. The third-order valence-electron chi connectivity index (χ3n) is 3.98. The third-order valence-corrected chi connectivity index (χ3v) is 4.47. The molecule has 0 aliphatic carbocycles. The molecular weight excluding hydrogens is 374 g/mol. The lowest BCUT2D eigenvalue weighted by molar-refractivity contribution is -0.133. The smallest absolute Gasteiger partial charge is 0.324 e. The zero-order valence-corrected chi connectivity index (χ0v) is 15.6. The summed E-state index contributed by atoms with van der Waals surface area (Å²) in [7, 11) is 0. The summed E-state index contributed by atoms with van der Waals surface area (Å²) < 4.78 is 0.830. The Labute approximate surface area is 150 Å². The molecule has 1 aromatic carbocycles. The van der Waals surface area contributed by atoms with Gasteiger partial charge < -0.3 is 10.6 Å². The first-order valence-electron chi connectivity index (χ1n) is 7.91. The summed E-state index contributed by atoms with van der Waals surface area (Å²) in [5, 5.41) is 5.40. The van der Waals surface area contributed by atoms with E-state index < -0.39 is 17.5 Å². The fourth-order valence-electron chi connectivity index (χ4n) is 2.55. The fourth-order valence-corrected chi connectivity index (χ4v) is 2.95. The van der Waals surface area contributed by atoms with Gasteiger partial charge in [0.15, 0.2) is 0 Å². The van der Waals surface area contributed by atoms with Crippen LogP contribution >= 0.6 is 15.9 Å². The van der Waals surface area contributed by atoms with Crippen LogP contribution in [0.25, 0.3) is 0 Å². The molecule has 0 saturated carbocycles. The van der Waals surface area contributed by atoms with Crippen LogP contribution in [0.2, 0.25) is 0 Å². The normalized spacial score (nSPS) is 20.5. The summed E-state index contributed by atoms with van der Waals surface area (Å²) in [5.41, 5.74) is -0.332. The van der Waals surface area contributed by atoms with Gasteiger partial charge in [0.05, 0.1) is 0 Å². The number of hydrogen-bond acceptors (Lipinski definition) is 3. The molecule has 0 bridgehead atoms. The lowest BCUT2D eigenvalue weighted by Gasteiger charge is -2.22. The molecule has 1 heterocycles. The SMILES string of the molecule is CC(C)CC[C@@]1(C)NC(=O)N(CC(=O)Nc2cccc(Br)c2)C1=O. The van der Waals surface area contributed by atoms with Crippen molar-refractivity contribution >= 4 is 39.5 Å². The monoisotopic (exact) mass is 395 g/mol. The van der Waals surface area contributed by atoms with Crippen molar-refractivity contribution in [2.45, 2.75) is 39.2 Å². The van der Waals surface area contributed by atoms with E-state index >= 15 is 0 Å². The number of anilines is 1. The van der Waals surface area contributed by atoms with E-state index in [-0.39, 0.29) is 12.5 Å². The Bertz CT molecular complexity index is 662. The number of amides is 4. The molecule has 1 aliphatic heterocycles. The maximum atomic E-state index is 12.5. The molecule has 2 N–H and O–H groups in total. The van der Waals surface area contributed by atoms with Crippen LogP contribution in [0.15, 0.2) is 28.7 Å². The van der Waals surface area contributed by atoms with Crippen LogP contribution in [0, 0.1) is 5.92 Å². The Morgan fingerprint density at radius 1 is 1.38 bits per heavy atom. The van der Waals surface area contributed by atoms with Gasteiger partial charge in [-0.3, -0.25) is 14.5 Å². The Balaban J connectivity index is 2.00. The first kappa shape index (κ1) is 18.4. The van der Waals surface area contributed by atoms with Crippen molar-refractivity contribution in [3.63, 3.8) is 0 Å². The summed E-state index contributed by atoms with van der Waals surface area (Å²) in [6.45, 7) is 5.54. The van der Waals surface area contributed by atoms with Crippen molar-refractivity contribution in [2.24, 2.45) is 5.92 Å². The molecule has 0 spiro atoms. The molecule has 1 atom stereocenters. The molecule has 1 aliphatic rings. The first-order chi connectivity index (χ1) is 11.2. The van der Waals surface area contributed by atoms with E-state index in [9.17, 15) is 14.4 Å². The van der Waals surface area contributed by atoms with Crippen LogP contribution in [0.4, 0.5) is 10.5 Å². The number of carbonyl (C=O) groups is 3. The molecular formula is C17H22BrN3O3. The highest BCUT2D eigenvalue weighted by Crippen LogP contribution is 2.24. The predicted octanol–water partition coefficient (Wildman–Crippen LogP) is 3.13. The van der Waals surface area contributed by atoms with Gasteiger partial charge in [-0.05, 0) is 43.9 Å². The standard InChI is InChI=1S/C17H22BrN3O3/c1-11(2)7-8-17(3)15(23)21(16(24)20-17)10-14(22)19-13-6-4-5-12(18)9-13/h4-6,9,11H,7-8,10H2,1-3H3,(H,19,22)(H,20,24)/t17-/m1/s1. The second-order valence-corrected chi connectivity index (χ2v) is 7.56. The van der Waals surface area contributed by atoms with E-state index in [4.69, 9.17) is 0 Å². The van der Waals surface area contributed by atoms with Crippen LogP contribution in [0.5, 0.6) is 0 Å². The Hall–Kier alpha value is -1.89. The summed E-state index contributed by atoms with van der Waals surface area (Å²) in [6, 6.07) is 6.59. The summed E-state index contributed by atoms with van der Waals surface area (Å²) in [4.78, 5) is 37.8. The first-order valence-corrected chi connectivity index (χ1v) is 8.70. The summed E-state index contributed by atoms with van der Waals surface area (Å²) >= 11 is 3.32. The summed E-state index contributed by atoms with van der Waals surface area (Å²) in [6.07, 6.45) is 1.37. The molecule has 2 rings (SSSR count). The number of urea groups is 1. The number of hydrogen-bond donors (Lipinski definition) is 2. The molecule has 4 amide bonds. The number of halogens is 1. The quantitative estimate of drug-likeness (QED) is 0.726. The van der Waals surface area contributed by atoms with Crippen molar-refractivity contribution < 1.29 is 14.4 Å². The number of nitrogens with one attached hydrogen (secondary N) is 2. The van der Waals surface area contributed by atoms with Crippen molar-refractivity contribution in [1.82, 2.24) is 10.2 Å². The van der Waals surface area contributed by atoms with E-state index in [0.717, 1.165) is 15.8 Å². The van der Waals surface area contributed by atoms with Gasteiger partial charge in [-0.2, -0.15) is 0 Å². The van der Waals surface area contributed by atoms with Crippen molar-refractivity contribution in [1.29, 1.82) is 0 Å². The molecule has 1 saturated heterocycles. The molecule has 1 fully saturated rings. The lowest BCUT2D eigenvalue weighted by Crippen LogP contribution is -2.44. The zero-order chi connectivity index (χ0) is 17.9. The van der Waals surface area contributed by atoms with E-state index in [1.54, 1.807) is 25.1 Å². The minimum atomic E-state index is -0.933. The van der Waals surface area contributed by atoms with Gasteiger partial charge in [-0.1, -0.05) is 35.8 Å². The molecule has 0 aromatic heterocycles. The maximum absolute atomic E-state index is 12.5. The number of carbonyl (C=O) groups excluding carboxylic acids is 3. The average Bonchev–Trinajstić information content (AvgIpc) is 2.69. The molecule has 7 heteroatoms. The van der Waals surface area contributed by atoms with E-state index in [0.29, 0.717) is 18.0 Å². The van der Waals surface area contributed by atoms with E-state index in [1.165, 1.54) is 0 Å². The van der Waals surface area contributed by atoms with Gasteiger partial charge in [-0.25, -0.2) is 4.79 Å². The van der Waals surface area contributed by atoms with Crippen molar-refractivity contribution in [3.05, 3.63) is 28.7 Å². The minimum Gasteiger partial charge on any atom is -0.324 e. The fraction of sp³-hybridized carbons (Fsp3) is 0.471. The molecule has 130 valence electrons. The van der Waals surface area contributed by atoms with Crippen LogP contribution < -0.4 is 10.6 Å². The highest BCUT2D eigenvalue weighted by molar-refractivity contribution is 9.10. The zero-order valence-electron chi connectivity index (χ0n) is 14.1. The van der Waals surface area contributed by atoms with E-state index in [2.05, 4.69) is 40.4 Å². The second kappa shape index (κ2) is 7.34. The lowest BCUT2D eigenvalue weighted by atomic mass is 9.92. The molecule has 6 nitrogen and oxygen atoms in total. The van der Waals surface area contributed by atoms with E-state index in [1.807, 2.05) is 6.07 Å². The van der Waals surface area contributed by atoms with Gasteiger partial charge in [0.1, 0.15) is 12.1 Å². The van der Waals surface area contributed by atoms with Crippen LogP contribution in [0.3, 0.4) is 0 Å². The Morgan fingerprint density at radius 2 is 2.08 bits per heavy atom. The topological polar surface area (TPSA) is 78.5 Å². The van der Waals surface area contributed by atoms with Gasteiger partial charge in [-0.15, -0.1) is 0 Å². The number of benzene rings is 1. The van der Waals surface area contributed by atoms with Gasteiger partial charge in [0, 0.05) is 10.2 Å². The van der Waals surface area contributed by atoms with Crippen LogP contribution in [0.1, 0.15) is 33.6 Å². The molecule has 0 radical (unpaired) electrons. The minimum absolute atomic E-state index is 0.297. The van der Waals surface area contributed by atoms with Gasteiger partial charge in [0.25, 0.3) is 5.91 Å². The van der Waals surface area contributed by atoms with Crippen molar-refractivity contribution in [2.75, 3.05) is 11.9 Å². The molecule has 24 heavy (non-hydrogen) atoms. The number of rotatable bonds is 6. The maximum Gasteiger partial charge on any atom is 0.325 e. The average molecular weight is 396 g/mol. The Kier molecular flexibility index (Phi) is 5.64. The number of imide groups is 1. The third kappa shape index (κ3) is 4.35. The molecule has 1 aromatic rings. The van der Waals surface area contributed by atoms with Gasteiger partial charge in [0.2, 0.25) is 5.91 Å². The number of nitrogens with zero attached hydrogens (tertiary/aromatic N) is 1. The van der Waals surface area contributed by atoms with Crippen LogP contribution in [-0.4, -0.2) is 34.8 Å².